The predicted octanol–water partition coefficient (Wildman–Crippen LogP) is -0.147. The number of nitrogens with two attached hydrogens (primary N) is 1. The first-order valence-corrected chi connectivity index (χ1v) is 7.27. The summed E-state index contributed by atoms with van der Waals surface area (Å²) < 4.78 is 0. The Morgan fingerprint density at radius 1 is 1.40 bits per heavy atom. The van der Waals surface area contributed by atoms with Gasteiger partial charge in [0.25, 0.3) is 0 Å². The first-order chi connectivity index (χ1) is 9.46. The molecule has 0 aromatic heterocycles. The summed E-state index contributed by atoms with van der Waals surface area (Å²) in [7, 11) is 0. The summed E-state index contributed by atoms with van der Waals surface area (Å²) in [4.78, 5) is 5.52. The van der Waals surface area contributed by atoms with Gasteiger partial charge in [0.15, 0.2) is 0 Å². The second kappa shape index (κ2) is 5.40. The maximum absolute atomic E-state index is 9.47. The largest absolute Gasteiger partial charge is 0.759 e. The van der Waals surface area contributed by atoms with Gasteiger partial charge < -0.3 is 23.3 Å². The van der Waals surface area contributed by atoms with E-state index in [1.807, 2.05) is 0 Å². The Hall–Kier alpha value is -1.63. The molecule has 2 aliphatic rings. The molecule has 5 nitrogen and oxygen atoms in total. The van der Waals surface area contributed by atoms with Gasteiger partial charge in [-0.3, -0.25) is 4.99 Å². The average molecular weight is 289 g/mol. The standard InChI is InChI=1S/C14H19N5S/c1-9(2)19-5-3-14(4-6-19)10(7-15)12(17)18-13(20)11(14)8-16/h9-10,20H,3-6H2,1-2H3,(H2,17,18). The summed E-state index contributed by atoms with van der Waals surface area (Å²) in [5.41, 5.74) is 5.87. The highest BCUT2D eigenvalue weighted by Crippen LogP contribution is 2.46. The third-order valence-electron chi connectivity index (χ3n) is 4.63. The zero-order valence-corrected chi connectivity index (χ0v) is 12.6. The lowest BCUT2D eigenvalue weighted by Gasteiger charge is -2.46. The van der Waals surface area contributed by atoms with E-state index in [0.29, 0.717) is 11.6 Å². The summed E-state index contributed by atoms with van der Waals surface area (Å²) in [6.45, 7) is 6.23. The number of nitrogens with zero attached hydrogens (tertiary/aromatic N) is 3. The fourth-order valence-electron chi connectivity index (χ4n) is 3.36. The van der Waals surface area contributed by atoms with E-state index >= 15 is 0 Å². The molecule has 20 heavy (non-hydrogen) atoms. The van der Waals surface area contributed by atoms with E-state index < -0.39 is 11.3 Å². The van der Waals surface area contributed by atoms with Gasteiger partial charge in [-0.05, 0) is 13.8 Å². The summed E-state index contributed by atoms with van der Waals surface area (Å²) >= 11 is 5.20. The van der Waals surface area contributed by atoms with Gasteiger partial charge in [-0.15, -0.1) is 0 Å². The molecule has 2 rings (SSSR count). The number of likely N-dealkylation sites (tertiary alicyclic amines) is 1. The summed E-state index contributed by atoms with van der Waals surface area (Å²) in [6, 6.07) is 4.98. The van der Waals surface area contributed by atoms with E-state index in [-0.39, 0.29) is 10.9 Å². The van der Waals surface area contributed by atoms with Crippen LogP contribution in [0.1, 0.15) is 26.7 Å². The molecule has 0 aliphatic carbocycles. The highest BCUT2D eigenvalue weighted by Gasteiger charge is 2.50. The number of nitriles is 2. The van der Waals surface area contributed by atoms with Gasteiger partial charge in [0, 0.05) is 23.8 Å². The van der Waals surface area contributed by atoms with Crippen LogP contribution in [0.5, 0.6) is 0 Å². The van der Waals surface area contributed by atoms with Crippen molar-refractivity contribution in [3.63, 3.8) is 0 Å². The van der Waals surface area contributed by atoms with Gasteiger partial charge >= 0.3 is 0 Å². The van der Waals surface area contributed by atoms with Crippen molar-refractivity contribution in [2.45, 2.75) is 32.7 Å². The lowest BCUT2D eigenvalue weighted by molar-refractivity contribution is -0.928. The zero-order valence-electron chi connectivity index (χ0n) is 11.8. The van der Waals surface area contributed by atoms with Crippen LogP contribution in [-0.4, -0.2) is 25.0 Å². The molecule has 1 atom stereocenters. The van der Waals surface area contributed by atoms with Gasteiger partial charge in [-0.25, -0.2) is 0 Å². The van der Waals surface area contributed by atoms with Crippen LogP contribution in [0.25, 0.3) is 0 Å². The minimum absolute atomic E-state index is 0.268. The van der Waals surface area contributed by atoms with Crippen LogP contribution in [0.3, 0.4) is 0 Å². The molecule has 0 radical (unpaired) electrons. The van der Waals surface area contributed by atoms with E-state index in [4.69, 9.17) is 18.4 Å². The Kier molecular flexibility index (Phi) is 3.99. The zero-order chi connectivity index (χ0) is 14.9. The molecule has 0 amide bonds. The first kappa shape index (κ1) is 14.8. The predicted molar refractivity (Wildman–Crippen MR) is 78.2 cm³/mol. The van der Waals surface area contributed by atoms with E-state index in [0.717, 1.165) is 25.9 Å². The normalized spacial score (nSPS) is 33.8. The SMILES string of the molecule is CC(C)[NH+]1CCC2(CC1)C(C#N)=C([S-])N=C(N)C2C#N. The van der Waals surface area contributed by atoms with Gasteiger partial charge in [0.05, 0.1) is 31.3 Å². The number of nitrogens with one attached hydrogen (secondary N) is 1. The van der Waals surface area contributed by atoms with Crippen LogP contribution in [0.15, 0.2) is 15.6 Å². The Bertz CT molecular complexity index is 541. The molecule has 1 saturated heterocycles. The van der Waals surface area contributed by atoms with Gasteiger partial charge in [-0.2, -0.15) is 10.5 Å². The number of aliphatic imine (C=N–C) groups is 1. The maximum Gasteiger partial charge on any atom is 0.115 e. The molecule has 2 aliphatic heterocycles. The number of hydrogen-bond donors (Lipinski definition) is 2. The molecule has 3 N–H and O–H groups in total. The molecular formula is C14H19N5S. The smallest absolute Gasteiger partial charge is 0.115 e. The van der Waals surface area contributed by atoms with Crippen LogP contribution >= 0.6 is 0 Å². The number of piperidine rings is 1. The first-order valence-electron chi connectivity index (χ1n) is 6.86. The maximum atomic E-state index is 9.47. The molecule has 1 fully saturated rings. The van der Waals surface area contributed by atoms with Crippen molar-refractivity contribution in [1.82, 2.24) is 0 Å². The van der Waals surface area contributed by atoms with Crippen molar-refractivity contribution in [3.8, 4) is 12.1 Å². The van der Waals surface area contributed by atoms with Crippen LogP contribution in [0.4, 0.5) is 0 Å². The number of amidine groups is 1. The van der Waals surface area contributed by atoms with Crippen molar-refractivity contribution in [2.24, 2.45) is 22.1 Å². The minimum Gasteiger partial charge on any atom is -0.759 e. The highest BCUT2D eigenvalue weighted by molar-refractivity contribution is 7.63. The Morgan fingerprint density at radius 2 is 2.00 bits per heavy atom. The van der Waals surface area contributed by atoms with Crippen molar-refractivity contribution in [3.05, 3.63) is 10.6 Å². The Labute approximate surface area is 125 Å². The van der Waals surface area contributed by atoms with Crippen molar-refractivity contribution < 1.29 is 4.90 Å². The molecule has 106 valence electrons. The topological polar surface area (TPSA) is 90.4 Å². The van der Waals surface area contributed by atoms with Crippen LogP contribution < -0.4 is 10.6 Å². The molecule has 0 bridgehead atoms. The lowest BCUT2D eigenvalue weighted by Crippen LogP contribution is -3.16. The monoisotopic (exact) mass is 289 g/mol. The Balaban J connectivity index is 2.41. The average Bonchev–Trinajstić information content (AvgIpc) is 2.39. The molecule has 0 aromatic carbocycles. The van der Waals surface area contributed by atoms with Gasteiger partial charge in [-0.1, -0.05) is 5.03 Å². The van der Waals surface area contributed by atoms with Crippen LogP contribution in [0, 0.1) is 34.0 Å². The van der Waals surface area contributed by atoms with Crippen molar-refractivity contribution >= 4 is 18.5 Å². The lowest BCUT2D eigenvalue weighted by atomic mass is 9.63. The molecule has 1 spiro atoms. The van der Waals surface area contributed by atoms with E-state index in [1.165, 1.54) is 4.90 Å². The van der Waals surface area contributed by atoms with E-state index in [1.54, 1.807) is 0 Å². The third-order valence-corrected chi connectivity index (χ3v) is 4.93. The van der Waals surface area contributed by atoms with E-state index in [2.05, 4.69) is 31.0 Å². The number of hydrogen-bond acceptors (Lipinski definition) is 5. The van der Waals surface area contributed by atoms with Crippen molar-refractivity contribution in [1.29, 1.82) is 10.5 Å². The van der Waals surface area contributed by atoms with E-state index in [9.17, 15) is 10.5 Å². The van der Waals surface area contributed by atoms with Crippen LogP contribution in [0.2, 0.25) is 0 Å². The number of rotatable bonds is 1. The second-order valence-electron chi connectivity index (χ2n) is 5.86. The third kappa shape index (κ3) is 2.15. The highest BCUT2D eigenvalue weighted by atomic mass is 32.1. The molecule has 1 unspecified atom stereocenters. The van der Waals surface area contributed by atoms with Gasteiger partial charge in [0.2, 0.25) is 0 Å². The van der Waals surface area contributed by atoms with Crippen LogP contribution in [-0.2, 0) is 12.6 Å². The molecular weight excluding hydrogens is 270 g/mol. The quantitative estimate of drug-likeness (QED) is 0.657. The number of quaternary nitrogens is 1. The fraction of sp³-hybridized carbons (Fsp3) is 0.643. The molecule has 6 heteroatoms. The number of allylic oxidation sites excluding steroid dienone is 1. The molecule has 0 aromatic rings. The minimum atomic E-state index is -0.530. The van der Waals surface area contributed by atoms with Gasteiger partial charge in [0.1, 0.15) is 11.8 Å². The molecule has 0 saturated carbocycles. The fourth-order valence-corrected chi connectivity index (χ4v) is 3.71. The van der Waals surface area contributed by atoms with Crippen molar-refractivity contribution in [2.75, 3.05) is 13.1 Å². The summed E-state index contributed by atoms with van der Waals surface area (Å²) in [6.07, 6.45) is 1.52. The summed E-state index contributed by atoms with van der Waals surface area (Å²) in [5.74, 6) is -0.262. The second-order valence-corrected chi connectivity index (χ2v) is 6.25. The molecule has 2 heterocycles. The Morgan fingerprint density at radius 3 is 2.45 bits per heavy atom. The summed E-state index contributed by atoms with van der Waals surface area (Å²) in [5, 5.41) is 19.2.